The number of carbonyl (C=O) groups is 1. The maximum atomic E-state index is 12.1. The number of rotatable bonds is 6. The first-order chi connectivity index (χ1) is 8.91. The largest absolute Gasteiger partial charge is 0.488 e. The zero-order chi connectivity index (χ0) is 14.4. The fourth-order valence-electron chi connectivity index (χ4n) is 1.74. The van der Waals surface area contributed by atoms with Crippen molar-refractivity contribution in [2.45, 2.75) is 6.42 Å². The summed E-state index contributed by atoms with van der Waals surface area (Å²) in [6.07, 6.45) is 0.919. The number of hydrogen-bond acceptors (Lipinski definition) is 4. The molecule has 1 rings (SSSR count). The van der Waals surface area contributed by atoms with E-state index in [1.807, 2.05) is 14.1 Å². The molecule has 0 aliphatic rings. The number of nitrogens with zero attached hydrogens (tertiary/aromatic N) is 2. The Labute approximate surface area is 114 Å². The second-order valence-corrected chi connectivity index (χ2v) is 4.88. The van der Waals surface area contributed by atoms with E-state index in [1.165, 1.54) is 0 Å². The SMILES string of the molecule is CN(C)CCCN(C)C(=O)c1ccc(B(O)O)cc1. The third kappa shape index (κ3) is 5.02. The lowest BCUT2D eigenvalue weighted by atomic mass is 9.80. The van der Waals surface area contributed by atoms with Crippen LogP contribution < -0.4 is 5.46 Å². The highest BCUT2D eigenvalue weighted by atomic mass is 16.4. The fraction of sp³-hybridized carbons (Fsp3) is 0.462. The Kier molecular flexibility index (Phi) is 6.01. The van der Waals surface area contributed by atoms with Crippen molar-refractivity contribution in [1.29, 1.82) is 0 Å². The molecule has 0 spiro atoms. The smallest absolute Gasteiger partial charge is 0.423 e. The first-order valence-corrected chi connectivity index (χ1v) is 6.28. The molecule has 104 valence electrons. The normalized spacial score (nSPS) is 10.6. The highest BCUT2D eigenvalue weighted by Gasteiger charge is 2.14. The summed E-state index contributed by atoms with van der Waals surface area (Å²) in [7, 11) is 4.27. The van der Waals surface area contributed by atoms with E-state index in [0.29, 0.717) is 17.6 Å². The van der Waals surface area contributed by atoms with Crippen molar-refractivity contribution < 1.29 is 14.8 Å². The Morgan fingerprint density at radius 1 is 1.11 bits per heavy atom. The Balaban J connectivity index is 2.56. The van der Waals surface area contributed by atoms with Gasteiger partial charge in [0.2, 0.25) is 0 Å². The molecule has 1 aromatic carbocycles. The maximum absolute atomic E-state index is 12.1. The topological polar surface area (TPSA) is 64.0 Å². The summed E-state index contributed by atoms with van der Waals surface area (Å²) in [6, 6.07) is 6.32. The van der Waals surface area contributed by atoms with Crippen LogP contribution in [-0.2, 0) is 0 Å². The maximum Gasteiger partial charge on any atom is 0.488 e. The van der Waals surface area contributed by atoms with E-state index in [2.05, 4.69) is 4.90 Å². The molecule has 0 bridgehead atoms. The van der Waals surface area contributed by atoms with Crippen molar-refractivity contribution in [2.75, 3.05) is 34.2 Å². The molecular weight excluding hydrogens is 243 g/mol. The van der Waals surface area contributed by atoms with Crippen molar-refractivity contribution >= 4 is 18.5 Å². The van der Waals surface area contributed by atoms with Crippen LogP contribution in [0.15, 0.2) is 24.3 Å². The fourth-order valence-corrected chi connectivity index (χ4v) is 1.74. The van der Waals surface area contributed by atoms with Gasteiger partial charge in [0.05, 0.1) is 0 Å². The molecule has 6 heteroatoms. The van der Waals surface area contributed by atoms with Gasteiger partial charge in [-0.1, -0.05) is 12.1 Å². The highest BCUT2D eigenvalue weighted by molar-refractivity contribution is 6.58. The van der Waals surface area contributed by atoms with Gasteiger partial charge in [-0.2, -0.15) is 0 Å². The Morgan fingerprint density at radius 3 is 2.16 bits per heavy atom. The molecule has 0 atom stereocenters. The Bertz CT molecular complexity index is 407. The van der Waals surface area contributed by atoms with Crippen LogP contribution in [0.25, 0.3) is 0 Å². The van der Waals surface area contributed by atoms with Crippen LogP contribution in [0.3, 0.4) is 0 Å². The molecule has 0 unspecified atom stereocenters. The molecule has 1 aromatic rings. The van der Waals surface area contributed by atoms with E-state index < -0.39 is 7.12 Å². The zero-order valence-electron chi connectivity index (χ0n) is 11.7. The van der Waals surface area contributed by atoms with Crippen LogP contribution in [0.4, 0.5) is 0 Å². The zero-order valence-corrected chi connectivity index (χ0v) is 11.7. The van der Waals surface area contributed by atoms with E-state index in [4.69, 9.17) is 10.0 Å². The summed E-state index contributed by atoms with van der Waals surface area (Å²) in [5.41, 5.74) is 0.934. The minimum absolute atomic E-state index is 0.0577. The molecule has 0 fully saturated rings. The number of amides is 1. The predicted molar refractivity (Wildman–Crippen MR) is 76.4 cm³/mol. The molecule has 0 radical (unpaired) electrons. The summed E-state index contributed by atoms with van der Waals surface area (Å²) < 4.78 is 0. The molecule has 1 amide bonds. The quantitative estimate of drug-likeness (QED) is 0.673. The van der Waals surface area contributed by atoms with Crippen LogP contribution >= 0.6 is 0 Å². The molecule has 0 aliphatic carbocycles. The van der Waals surface area contributed by atoms with Gasteiger partial charge in [0.25, 0.3) is 5.91 Å². The average molecular weight is 264 g/mol. The third-order valence-electron chi connectivity index (χ3n) is 2.90. The lowest BCUT2D eigenvalue weighted by Gasteiger charge is -2.18. The van der Waals surface area contributed by atoms with Gasteiger partial charge >= 0.3 is 7.12 Å². The first kappa shape index (κ1) is 15.7. The van der Waals surface area contributed by atoms with Gasteiger partial charge in [0, 0.05) is 19.2 Å². The number of benzene rings is 1. The van der Waals surface area contributed by atoms with Crippen LogP contribution in [0, 0.1) is 0 Å². The van der Waals surface area contributed by atoms with Gasteiger partial charge < -0.3 is 19.8 Å². The summed E-state index contributed by atoms with van der Waals surface area (Å²) in [5.74, 6) is -0.0577. The van der Waals surface area contributed by atoms with Crippen LogP contribution in [-0.4, -0.2) is 67.1 Å². The van der Waals surface area contributed by atoms with E-state index in [-0.39, 0.29) is 5.91 Å². The summed E-state index contributed by atoms with van der Waals surface area (Å²) in [4.78, 5) is 15.8. The van der Waals surface area contributed by atoms with Gasteiger partial charge in [0.1, 0.15) is 0 Å². The van der Waals surface area contributed by atoms with Gasteiger partial charge in [-0.05, 0) is 44.7 Å². The van der Waals surface area contributed by atoms with Crippen LogP contribution in [0.2, 0.25) is 0 Å². The van der Waals surface area contributed by atoms with Crippen molar-refractivity contribution in [2.24, 2.45) is 0 Å². The standard InChI is InChI=1S/C13H21BN2O3/c1-15(2)9-4-10-16(3)13(17)11-5-7-12(8-6-11)14(18)19/h5-8,18-19H,4,9-10H2,1-3H3. The minimum Gasteiger partial charge on any atom is -0.423 e. The van der Waals surface area contributed by atoms with Crippen molar-refractivity contribution in [1.82, 2.24) is 9.80 Å². The van der Waals surface area contributed by atoms with Gasteiger partial charge in [-0.15, -0.1) is 0 Å². The Morgan fingerprint density at radius 2 is 1.68 bits per heavy atom. The molecule has 0 saturated heterocycles. The van der Waals surface area contributed by atoms with E-state index in [1.54, 1.807) is 36.2 Å². The second-order valence-electron chi connectivity index (χ2n) is 4.88. The molecule has 0 saturated carbocycles. The molecule has 0 aromatic heterocycles. The van der Waals surface area contributed by atoms with Gasteiger partial charge in [-0.25, -0.2) is 0 Å². The summed E-state index contributed by atoms with van der Waals surface area (Å²) >= 11 is 0. The predicted octanol–water partition coefficient (Wildman–Crippen LogP) is -0.610. The van der Waals surface area contributed by atoms with E-state index in [0.717, 1.165) is 13.0 Å². The summed E-state index contributed by atoms with van der Waals surface area (Å²) in [6.45, 7) is 1.63. The first-order valence-electron chi connectivity index (χ1n) is 6.28. The lowest BCUT2D eigenvalue weighted by molar-refractivity contribution is 0.0790. The van der Waals surface area contributed by atoms with Crippen molar-refractivity contribution in [3.8, 4) is 0 Å². The lowest BCUT2D eigenvalue weighted by Crippen LogP contribution is -2.32. The number of hydrogen-bond donors (Lipinski definition) is 2. The molecule has 5 nitrogen and oxygen atoms in total. The molecule has 0 aliphatic heterocycles. The van der Waals surface area contributed by atoms with Crippen molar-refractivity contribution in [3.63, 3.8) is 0 Å². The molecule has 19 heavy (non-hydrogen) atoms. The Hall–Kier alpha value is -1.37. The van der Waals surface area contributed by atoms with Gasteiger partial charge in [-0.3, -0.25) is 4.79 Å². The minimum atomic E-state index is -1.50. The van der Waals surface area contributed by atoms with Crippen molar-refractivity contribution in [3.05, 3.63) is 29.8 Å². The average Bonchev–Trinajstić information content (AvgIpc) is 2.37. The van der Waals surface area contributed by atoms with E-state index in [9.17, 15) is 4.79 Å². The van der Waals surface area contributed by atoms with E-state index >= 15 is 0 Å². The number of carbonyl (C=O) groups excluding carboxylic acids is 1. The highest BCUT2D eigenvalue weighted by Crippen LogP contribution is 2.03. The molecular formula is C13H21BN2O3. The second kappa shape index (κ2) is 7.28. The monoisotopic (exact) mass is 264 g/mol. The molecule has 0 heterocycles. The van der Waals surface area contributed by atoms with Crippen LogP contribution in [0.1, 0.15) is 16.8 Å². The van der Waals surface area contributed by atoms with Gasteiger partial charge in [0.15, 0.2) is 0 Å². The van der Waals surface area contributed by atoms with Crippen LogP contribution in [0.5, 0.6) is 0 Å². The summed E-state index contributed by atoms with van der Waals surface area (Å²) in [5, 5.41) is 18.0. The third-order valence-corrected chi connectivity index (χ3v) is 2.90. The molecule has 2 N–H and O–H groups in total.